The van der Waals surface area contributed by atoms with E-state index in [0.29, 0.717) is 16.6 Å². The molecule has 0 aliphatic carbocycles. The Labute approximate surface area is 111 Å². The zero-order valence-electron chi connectivity index (χ0n) is 9.18. The third-order valence-corrected chi connectivity index (χ3v) is 3.27. The van der Waals surface area contributed by atoms with Crippen LogP contribution in [0.2, 0.25) is 0 Å². The van der Waals surface area contributed by atoms with Crippen molar-refractivity contribution in [2.45, 2.75) is 11.5 Å². The summed E-state index contributed by atoms with van der Waals surface area (Å²) in [6.07, 6.45) is -2.51. The number of hydrogen-bond donors (Lipinski definition) is 0. The van der Waals surface area contributed by atoms with E-state index in [2.05, 4.69) is 15.9 Å². The second kappa shape index (κ2) is 6.54. The lowest BCUT2D eigenvalue weighted by Crippen LogP contribution is -2.10. The fourth-order valence-electron chi connectivity index (χ4n) is 1.24. The number of alkyl halides is 4. The Morgan fingerprint density at radius 1 is 1.35 bits per heavy atom. The molecule has 0 spiro atoms. The Kier molecular flexibility index (Phi) is 5.66. The lowest BCUT2D eigenvalue weighted by Gasteiger charge is -2.14. The fourth-order valence-corrected chi connectivity index (χ4v) is 1.84. The number of benzene rings is 1. The molecule has 0 bridgehead atoms. The molecule has 0 aliphatic rings. The lowest BCUT2D eigenvalue weighted by atomic mass is 10.1. The van der Waals surface area contributed by atoms with Crippen molar-refractivity contribution in [2.24, 2.45) is 0 Å². The minimum atomic E-state index is -4.38. The van der Waals surface area contributed by atoms with Crippen molar-refractivity contribution in [2.75, 3.05) is 18.6 Å². The van der Waals surface area contributed by atoms with E-state index in [1.54, 1.807) is 6.07 Å². The minimum absolute atomic E-state index is 0.101. The molecule has 17 heavy (non-hydrogen) atoms. The van der Waals surface area contributed by atoms with Gasteiger partial charge >= 0.3 is 6.18 Å². The van der Waals surface area contributed by atoms with Gasteiger partial charge in [0.1, 0.15) is 5.75 Å². The van der Waals surface area contributed by atoms with Crippen LogP contribution in [0.1, 0.15) is 11.1 Å². The molecular formula is C11H12BrF3OS. The molecule has 0 heterocycles. The van der Waals surface area contributed by atoms with E-state index in [0.717, 1.165) is 6.07 Å². The fraction of sp³-hybridized carbons (Fsp3) is 0.455. The average Bonchev–Trinajstić information content (AvgIpc) is 2.28. The van der Waals surface area contributed by atoms with Gasteiger partial charge in [-0.2, -0.15) is 24.9 Å². The first kappa shape index (κ1) is 14.7. The number of ether oxygens (including phenoxy) is 1. The second-order valence-corrected chi connectivity index (χ2v) is 4.85. The van der Waals surface area contributed by atoms with Crippen LogP contribution in [-0.2, 0) is 11.5 Å². The van der Waals surface area contributed by atoms with Crippen molar-refractivity contribution in [3.8, 4) is 5.75 Å². The van der Waals surface area contributed by atoms with Gasteiger partial charge in [0.05, 0.1) is 12.2 Å². The third-order valence-electron chi connectivity index (χ3n) is 2.05. The molecule has 0 N–H and O–H groups in total. The highest BCUT2D eigenvalue weighted by Crippen LogP contribution is 2.37. The predicted octanol–water partition coefficient (Wildman–Crippen LogP) is 4.34. The summed E-state index contributed by atoms with van der Waals surface area (Å²) in [6.45, 7) is 0.276. The number of halogens is 4. The summed E-state index contributed by atoms with van der Waals surface area (Å²) in [4.78, 5) is 0. The first-order valence-corrected chi connectivity index (χ1v) is 7.38. The Morgan fingerprint density at radius 2 is 2.06 bits per heavy atom. The summed E-state index contributed by atoms with van der Waals surface area (Å²) >= 11 is 4.66. The number of rotatable bonds is 5. The lowest BCUT2D eigenvalue weighted by molar-refractivity contribution is -0.138. The molecule has 0 saturated heterocycles. The van der Waals surface area contributed by atoms with E-state index < -0.39 is 11.7 Å². The zero-order chi connectivity index (χ0) is 12.9. The smallest absolute Gasteiger partial charge is 0.419 e. The molecule has 0 radical (unpaired) electrons. The summed E-state index contributed by atoms with van der Waals surface area (Å²) in [5.74, 6) is 0.563. The highest BCUT2D eigenvalue weighted by molar-refractivity contribution is 9.08. The van der Waals surface area contributed by atoms with Gasteiger partial charge in [0, 0.05) is 11.1 Å². The van der Waals surface area contributed by atoms with Gasteiger partial charge in [-0.3, -0.25) is 0 Å². The van der Waals surface area contributed by atoms with Crippen LogP contribution in [0, 0.1) is 0 Å². The van der Waals surface area contributed by atoms with Crippen LogP contribution in [0.5, 0.6) is 5.75 Å². The molecule has 1 nitrogen and oxygen atoms in total. The summed E-state index contributed by atoms with van der Waals surface area (Å²) in [6, 6.07) is 4.11. The molecular weight excluding hydrogens is 317 g/mol. The van der Waals surface area contributed by atoms with Crippen molar-refractivity contribution in [1.29, 1.82) is 0 Å². The molecule has 0 amide bonds. The maximum absolute atomic E-state index is 12.8. The Hall–Kier alpha value is -0.360. The summed E-state index contributed by atoms with van der Waals surface area (Å²) in [5.41, 5.74) is -0.134. The van der Waals surface area contributed by atoms with Gasteiger partial charge in [0.25, 0.3) is 0 Å². The molecule has 0 aliphatic heterocycles. The van der Waals surface area contributed by atoms with Crippen LogP contribution in [0.15, 0.2) is 18.2 Å². The van der Waals surface area contributed by atoms with Crippen LogP contribution in [0.25, 0.3) is 0 Å². The number of thioether (sulfide) groups is 1. The van der Waals surface area contributed by atoms with Crippen molar-refractivity contribution in [3.05, 3.63) is 29.3 Å². The predicted molar refractivity (Wildman–Crippen MR) is 68.0 cm³/mol. The second-order valence-electron chi connectivity index (χ2n) is 3.30. The van der Waals surface area contributed by atoms with E-state index in [1.807, 2.05) is 6.26 Å². The molecule has 0 atom stereocenters. The molecule has 0 fully saturated rings. The summed E-state index contributed by atoms with van der Waals surface area (Å²) < 4.78 is 43.5. The molecule has 1 aromatic carbocycles. The molecule has 1 aromatic rings. The van der Waals surface area contributed by atoms with E-state index in [4.69, 9.17) is 4.74 Å². The molecule has 1 rings (SSSR count). The van der Waals surface area contributed by atoms with Crippen LogP contribution >= 0.6 is 27.7 Å². The first-order valence-electron chi connectivity index (χ1n) is 4.87. The van der Waals surface area contributed by atoms with Gasteiger partial charge in [-0.15, -0.1) is 0 Å². The first-order chi connectivity index (χ1) is 7.99. The minimum Gasteiger partial charge on any atom is -0.492 e. The zero-order valence-corrected chi connectivity index (χ0v) is 11.6. The van der Waals surface area contributed by atoms with Gasteiger partial charge in [0.2, 0.25) is 0 Å². The highest BCUT2D eigenvalue weighted by Gasteiger charge is 2.34. The van der Waals surface area contributed by atoms with Crippen LogP contribution < -0.4 is 4.74 Å². The number of hydrogen-bond acceptors (Lipinski definition) is 2. The van der Waals surface area contributed by atoms with E-state index in [9.17, 15) is 13.2 Å². The average molecular weight is 329 g/mol. The van der Waals surface area contributed by atoms with E-state index >= 15 is 0 Å². The molecule has 0 unspecified atom stereocenters. The Balaban J connectivity index is 2.95. The highest BCUT2D eigenvalue weighted by atomic mass is 79.9. The molecule has 0 aromatic heterocycles. The summed E-state index contributed by atoms with van der Waals surface area (Å²) in [5, 5.41) is 0.390. The van der Waals surface area contributed by atoms with Crippen LogP contribution in [-0.4, -0.2) is 18.6 Å². The maximum atomic E-state index is 12.8. The Bertz CT molecular complexity index is 368. The van der Waals surface area contributed by atoms with Crippen LogP contribution in [0.3, 0.4) is 0 Å². The van der Waals surface area contributed by atoms with Gasteiger partial charge < -0.3 is 4.74 Å². The maximum Gasteiger partial charge on any atom is 0.419 e. The topological polar surface area (TPSA) is 9.23 Å². The SMILES string of the molecule is CSCCOc1ccc(CBr)cc1C(F)(F)F. The van der Waals surface area contributed by atoms with Crippen molar-refractivity contribution >= 4 is 27.7 Å². The van der Waals surface area contributed by atoms with Crippen molar-refractivity contribution in [3.63, 3.8) is 0 Å². The van der Waals surface area contributed by atoms with Crippen LogP contribution in [0.4, 0.5) is 13.2 Å². The largest absolute Gasteiger partial charge is 0.492 e. The molecule has 96 valence electrons. The van der Waals surface area contributed by atoms with Crippen molar-refractivity contribution < 1.29 is 17.9 Å². The standard InChI is InChI=1S/C11H12BrF3OS/c1-17-5-4-16-10-3-2-8(7-12)6-9(10)11(13,14)15/h2-3,6H,4-5,7H2,1H3. The van der Waals surface area contributed by atoms with Gasteiger partial charge in [-0.25, -0.2) is 0 Å². The van der Waals surface area contributed by atoms with E-state index in [-0.39, 0.29) is 12.4 Å². The normalized spacial score (nSPS) is 11.6. The van der Waals surface area contributed by atoms with Gasteiger partial charge in [0.15, 0.2) is 0 Å². The monoisotopic (exact) mass is 328 g/mol. The Morgan fingerprint density at radius 3 is 2.59 bits per heavy atom. The van der Waals surface area contributed by atoms with E-state index in [1.165, 1.54) is 17.8 Å². The summed E-state index contributed by atoms with van der Waals surface area (Å²) in [7, 11) is 0. The molecule has 0 saturated carbocycles. The molecule has 6 heteroatoms. The van der Waals surface area contributed by atoms with Crippen molar-refractivity contribution in [1.82, 2.24) is 0 Å². The van der Waals surface area contributed by atoms with Gasteiger partial charge in [-0.05, 0) is 24.0 Å². The quantitative estimate of drug-likeness (QED) is 0.587. The van der Waals surface area contributed by atoms with Gasteiger partial charge in [-0.1, -0.05) is 22.0 Å². The third kappa shape index (κ3) is 4.43.